The van der Waals surface area contributed by atoms with Gasteiger partial charge in [0, 0.05) is 32.1 Å². The Bertz CT molecular complexity index is 557. The number of hydrogen-bond donors (Lipinski definition) is 2. The Morgan fingerprint density at radius 3 is 2.92 bits per heavy atom. The van der Waals surface area contributed by atoms with Gasteiger partial charge in [-0.25, -0.2) is 0 Å². The van der Waals surface area contributed by atoms with Crippen molar-refractivity contribution in [3.63, 3.8) is 0 Å². The van der Waals surface area contributed by atoms with Crippen molar-refractivity contribution in [2.75, 3.05) is 52.5 Å². The highest BCUT2D eigenvalue weighted by molar-refractivity contribution is 5.78. The number of nitrogens with one attached hydrogen (secondary N) is 2. The third-order valence-corrected chi connectivity index (χ3v) is 5.08. The van der Waals surface area contributed by atoms with Crippen molar-refractivity contribution >= 4 is 5.91 Å². The topological polar surface area (TPSA) is 62.8 Å². The molecule has 2 N–H and O–H groups in total. The highest BCUT2D eigenvalue weighted by Crippen LogP contribution is 2.17. The normalized spacial score (nSPS) is 19.9. The molecule has 2 saturated heterocycles. The van der Waals surface area contributed by atoms with E-state index in [1.807, 2.05) is 31.2 Å². The summed E-state index contributed by atoms with van der Waals surface area (Å²) in [6.07, 6.45) is 0. The van der Waals surface area contributed by atoms with Crippen molar-refractivity contribution in [2.45, 2.75) is 13.5 Å². The van der Waals surface area contributed by atoms with E-state index in [0.717, 1.165) is 57.3 Å². The molecule has 25 heavy (non-hydrogen) atoms. The summed E-state index contributed by atoms with van der Waals surface area (Å²) in [6, 6.07) is 7.97. The summed E-state index contributed by atoms with van der Waals surface area (Å²) in [7, 11) is 0. The number of benzene rings is 1. The maximum atomic E-state index is 12.2. The molecule has 3 rings (SSSR count). The molecular weight excluding hydrogens is 318 g/mol. The van der Waals surface area contributed by atoms with Crippen LogP contribution in [0.5, 0.6) is 5.75 Å². The number of nitrogens with zero attached hydrogens (tertiary/aromatic N) is 1. The van der Waals surface area contributed by atoms with E-state index in [2.05, 4.69) is 15.5 Å². The Labute approximate surface area is 149 Å². The number of ether oxygens (including phenoxy) is 2. The SMILES string of the molecule is CC(C(=O)NCc1cccc(OCCN2CCOCC2)c1)C1CNC1. The molecule has 0 radical (unpaired) electrons. The summed E-state index contributed by atoms with van der Waals surface area (Å²) < 4.78 is 11.2. The lowest BCUT2D eigenvalue weighted by atomic mass is 9.88. The molecule has 0 aliphatic carbocycles. The van der Waals surface area contributed by atoms with Crippen LogP contribution in [-0.2, 0) is 16.1 Å². The number of amides is 1. The van der Waals surface area contributed by atoms with Gasteiger partial charge in [0.1, 0.15) is 12.4 Å². The highest BCUT2D eigenvalue weighted by Gasteiger charge is 2.28. The van der Waals surface area contributed by atoms with Gasteiger partial charge in [-0.1, -0.05) is 19.1 Å². The van der Waals surface area contributed by atoms with Crippen molar-refractivity contribution in [1.29, 1.82) is 0 Å². The van der Waals surface area contributed by atoms with Gasteiger partial charge in [0.15, 0.2) is 0 Å². The van der Waals surface area contributed by atoms with Crippen LogP contribution in [-0.4, -0.2) is 63.4 Å². The maximum Gasteiger partial charge on any atom is 0.223 e. The van der Waals surface area contributed by atoms with Crippen LogP contribution in [0.25, 0.3) is 0 Å². The zero-order chi connectivity index (χ0) is 17.5. The summed E-state index contributed by atoms with van der Waals surface area (Å²) in [4.78, 5) is 14.5. The summed E-state index contributed by atoms with van der Waals surface area (Å²) in [5.74, 6) is 1.52. The molecule has 0 aromatic heterocycles. The summed E-state index contributed by atoms with van der Waals surface area (Å²) in [5.41, 5.74) is 1.07. The Balaban J connectivity index is 1.40. The molecule has 6 heteroatoms. The Morgan fingerprint density at radius 1 is 1.40 bits per heavy atom. The molecule has 2 aliphatic rings. The fraction of sp³-hybridized carbons (Fsp3) is 0.632. The van der Waals surface area contributed by atoms with E-state index in [1.54, 1.807) is 0 Å². The lowest BCUT2D eigenvalue weighted by Gasteiger charge is -2.31. The summed E-state index contributed by atoms with van der Waals surface area (Å²) >= 11 is 0. The van der Waals surface area contributed by atoms with E-state index >= 15 is 0 Å². The van der Waals surface area contributed by atoms with Crippen LogP contribution in [0.4, 0.5) is 0 Å². The molecule has 1 aromatic rings. The van der Waals surface area contributed by atoms with Gasteiger partial charge in [-0.2, -0.15) is 0 Å². The third kappa shape index (κ3) is 5.42. The number of hydrogen-bond acceptors (Lipinski definition) is 5. The second kappa shape index (κ2) is 9.17. The van der Waals surface area contributed by atoms with Gasteiger partial charge in [0.25, 0.3) is 0 Å². The van der Waals surface area contributed by atoms with Crippen LogP contribution in [0.15, 0.2) is 24.3 Å². The van der Waals surface area contributed by atoms with E-state index < -0.39 is 0 Å². The fourth-order valence-corrected chi connectivity index (χ4v) is 3.09. The van der Waals surface area contributed by atoms with Crippen LogP contribution in [0.1, 0.15) is 12.5 Å². The highest BCUT2D eigenvalue weighted by atomic mass is 16.5. The molecule has 1 aromatic carbocycles. The van der Waals surface area contributed by atoms with E-state index in [1.165, 1.54) is 0 Å². The van der Waals surface area contributed by atoms with Gasteiger partial charge < -0.3 is 20.1 Å². The number of morpholine rings is 1. The number of carbonyl (C=O) groups is 1. The van der Waals surface area contributed by atoms with Crippen LogP contribution in [0.3, 0.4) is 0 Å². The third-order valence-electron chi connectivity index (χ3n) is 5.08. The lowest BCUT2D eigenvalue weighted by molar-refractivity contribution is -0.126. The van der Waals surface area contributed by atoms with Crippen molar-refractivity contribution in [2.24, 2.45) is 11.8 Å². The first-order chi connectivity index (χ1) is 12.2. The molecule has 0 saturated carbocycles. The molecule has 6 nitrogen and oxygen atoms in total. The minimum atomic E-state index is 0.0641. The van der Waals surface area contributed by atoms with Gasteiger partial charge in [0.05, 0.1) is 13.2 Å². The van der Waals surface area contributed by atoms with Crippen LogP contribution in [0.2, 0.25) is 0 Å². The van der Waals surface area contributed by atoms with Crippen molar-refractivity contribution in [1.82, 2.24) is 15.5 Å². The average Bonchev–Trinajstić information content (AvgIpc) is 2.59. The van der Waals surface area contributed by atoms with Crippen molar-refractivity contribution < 1.29 is 14.3 Å². The first kappa shape index (κ1) is 18.2. The van der Waals surface area contributed by atoms with Gasteiger partial charge >= 0.3 is 0 Å². The molecule has 2 heterocycles. The summed E-state index contributed by atoms with van der Waals surface area (Å²) in [5, 5.41) is 6.25. The number of carbonyl (C=O) groups excluding carboxylic acids is 1. The molecule has 0 spiro atoms. The molecule has 138 valence electrons. The van der Waals surface area contributed by atoms with Crippen LogP contribution < -0.4 is 15.4 Å². The monoisotopic (exact) mass is 347 g/mol. The molecular formula is C19H29N3O3. The summed E-state index contributed by atoms with van der Waals surface area (Å²) in [6.45, 7) is 9.60. The van der Waals surface area contributed by atoms with Crippen molar-refractivity contribution in [3.8, 4) is 5.75 Å². The van der Waals surface area contributed by atoms with E-state index in [9.17, 15) is 4.79 Å². The van der Waals surface area contributed by atoms with Gasteiger partial charge in [-0.05, 0) is 36.7 Å². The maximum absolute atomic E-state index is 12.2. The number of rotatable bonds is 8. The second-order valence-corrected chi connectivity index (χ2v) is 6.87. The van der Waals surface area contributed by atoms with Gasteiger partial charge in [-0.15, -0.1) is 0 Å². The van der Waals surface area contributed by atoms with Crippen LogP contribution >= 0.6 is 0 Å². The Morgan fingerprint density at radius 2 is 2.20 bits per heavy atom. The quantitative estimate of drug-likeness (QED) is 0.731. The minimum absolute atomic E-state index is 0.0641. The second-order valence-electron chi connectivity index (χ2n) is 6.87. The van der Waals surface area contributed by atoms with Gasteiger partial charge in [0.2, 0.25) is 5.91 Å². The first-order valence-corrected chi connectivity index (χ1v) is 9.22. The molecule has 1 atom stereocenters. The zero-order valence-corrected chi connectivity index (χ0v) is 15.0. The average molecular weight is 347 g/mol. The molecule has 0 bridgehead atoms. The molecule has 1 amide bonds. The predicted molar refractivity (Wildman–Crippen MR) is 96.6 cm³/mol. The Hall–Kier alpha value is -1.63. The van der Waals surface area contributed by atoms with Crippen LogP contribution in [0, 0.1) is 11.8 Å². The predicted octanol–water partition coefficient (Wildman–Crippen LogP) is 0.869. The molecule has 2 aliphatic heterocycles. The molecule has 2 fully saturated rings. The standard InChI is InChI=1S/C19H29N3O3/c1-15(17-13-20-14-17)19(23)21-12-16-3-2-4-18(11-16)25-10-7-22-5-8-24-9-6-22/h2-4,11,15,17,20H,5-10,12-14H2,1H3,(H,21,23). The first-order valence-electron chi connectivity index (χ1n) is 9.22. The Kier molecular flexibility index (Phi) is 6.67. The smallest absolute Gasteiger partial charge is 0.223 e. The van der Waals surface area contributed by atoms with Crippen molar-refractivity contribution in [3.05, 3.63) is 29.8 Å². The van der Waals surface area contributed by atoms with E-state index in [-0.39, 0.29) is 11.8 Å². The lowest BCUT2D eigenvalue weighted by Crippen LogP contribution is -2.49. The van der Waals surface area contributed by atoms with E-state index in [0.29, 0.717) is 19.1 Å². The fourth-order valence-electron chi connectivity index (χ4n) is 3.09. The van der Waals surface area contributed by atoms with Gasteiger partial charge in [-0.3, -0.25) is 9.69 Å². The molecule has 1 unspecified atom stereocenters. The zero-order valence-electron chi connectivity index (χ0n) is 15.0. The van der Waals surface area contributed by atoms with E-state index in [4.69, 9.17) is 9.47 Å². The minimum Gasteiger partial charge on any atom is -0.492 e. The largest absolute Gasteiger partial charge is 0.492 e.